The first-order valence-electron chi connectivity index (χ1n) is 14.6. The van der Waals surface area contributed by atoms with Crippen LogP contribution in [0.25, 0.3) is 0 Å². The fourth-order valence-corrected chi connectivity index (χ4v) is 4.60. The summed E-state index contributed by atoms with van der Waals surface area (Å²) >= 11 is 0. The number of hydrogen-bond donors (Lipinski definition) is 0. The number of carbonyl (C=O) groups excluding carboxylic acids is 3. The molecule has 1 aliphatic rings. The van der Waals surface area contributed by atoms with E-state index in [4.69, 9.17) is 18.9 Å². The summed E-state index contributed by atoms with van der Waals surface area (Å²) in [7, 11) is 0. The van der Waals surface area contributed by atoms with Gasteiger partial charge in [-0.05, 0) is 87.1 Å². The molecule has 0 atom stereocenters. The molecule has 0 spiro atoms. The molecule has 40 heavy (non-hydrogen) atoms. The number of esters is 3. The van der Waals surface area contributed by atoms with Crippen LogP contribution in [0.1, 0.15) is 104 Å². The van der Waals surface area contributed by atoms with Gasteiger partial charge < -0.3 is 18.9 Å². The molecule has 0 unspecified atom stereocenters. The van der Waals surface area contributed by atoms with Crippen molar-refractivity contribution in [2.45, 2.75) is 89.6 Å². The van der Waals surface area contributed by atoms with E-state index in [0.29, 0.717) is 30.1 Å². The van der Waals surface area contributed by atoms with Gasteiger partial charge in [0.25, 0.3) is 0 Å². The second-order valence-electron chi connectivity index (χ2n) is 10.2. The van der Waals surface area contributed by atoms with Gasteiger partial charge in [0.1, 0.15) is 17.6 Å². The Morgan fingerprint density at radius 3 is 1.80 bits per heavy atom. The number of hydrogen-bond acceptors (Lipinski definition) is 7. The molecule has 0 radical (unpaired) electrons. The summed E-state index contributed by atoms with van der Waals surface area (Å²) in [4.78, 5) is 35.8. The smallest absolute Gasteiger partial charge is 0.343 e. The Morgan fingerprint density at radius 2 is 1.20 bits per heavy atom. The number of benzene rings is 2. The average Bonchev–Trinajstić information content (AvgIpc) is 2.98. The zero-order valence-corrected chi connectivity index (χ0v) is 23.4. The first-order valence-corrected chi connectivity index (χ1v) is 14.6. The van der Waals surface area contributed by atoms with Gasteiger partial charge in [0.15, 0.2) is 0 Å². The van der Waals surface area contributed by atoms with E-state index in [1.165, 1.54) is 31.8 Å². The fourth-order valence-electron chi connectivity index (χ4n) is 4.60. The van der Waals surface area contributed by atoms with Crippen LogP contribution in [-0.2, 0) is 14.3 Å². The van der Waals surface area contributed by atoms with Crippen LogP contribution in [0.3, 0.4) is 0 Å². The van der Waals surface area contributed by atoms with Crippen molar-refractivity contribution in [1.82, 2.24) is 0 Å². The van der Waals surface area contributed by atoms with Crippen LogP contribution in [0.15, 0.2) is 61.2 Å². The fraction of sp³-hybridized carbons (Fsp3) is 0.485. The maximum atomic E-state index is 12.5. The summed E-state index contributed by atoms with van der Waals surface area (Å²) in [5.74, 6) is -0.0727. The molecule has 2 aromatic rings. The Bertz CT molecular complexity index is 1050. The lowest BCUT2D eigenvalue weighted by molar-refractivity contribution is -0.137. The van der Waals surface area contributed by atoms with E-state index < -0.39 is 5.97 Å². The number of ether oxygens (including phenoxy) is 4. The van der Waals surface area contributed by atoms with Crippen LogP contribution in [0, 0.1) is 0 Å². The quantitative estimate of drug-likeness (QED) is 0.0866. The summed E-state index contributed by atoms with van der Waals surface area (Å²) in [6, 6.07) is 13.4. The zero-order chi connectivity index (χ0) is 28.4. The Kier molecular flexibility index (Phi) is 13.8. The maximum absolute atomic E-state index is 12.5. The topological polar surface area (TPSA) is 88.1 Å². The van der Waals surface area contributed by atoms with Crippen molar-refractivity contribution in [3.05, 3.63) is 72.3 Å². The van der Waals surface area contributed by atoms with Gasteiger partial charge in [-0.2, -0.15) is 0 Å². The third-order valence-electron chi connectivity index (χ3n) is 6.93. The molecule has 1 saturated carbocycles. The molecular formula is C33H42O7. The van der Waals surface area contributed by atoms with Crippen LogP contribution in [-0.4, -0.2) is 37.2 Å². The van der Waals surface area contributed by atoms with Gasteiger partial charge in [0, 0.05) is 6.08 Å². The first-order chi connectivity index (χ1) is 19.5. The highest BCUT2D eigenvalue weighted by Crippen LogP contribution is 2.22. The Hall–Kier alpha value is -3.61. The van der Waals surface area contributed by atoms with Crippen LogP contribution < -0.4 is 9.47 Å². The molecule has 0 aliphatic heterocycles. The molecule has 1 aliphatic carbocycles. The number of carbonyl (C=O) groups is 3. The molecule has 0 amide bonds. The standard InChI is InChI=1S/C33H42O7/c1-2-31(34)38-25-13-8-6-4-3-5-7-12-24-37-28-20-16-26(17-21-28)33(36)40-30-22-18-27(19-23-30)32(35)39-29-14-10-9-11-15-29/h2,16-23,29H,1,3-15,24-25H2. The second-order valence-corrected chi connectivity index (χ2v) is 10.2. The molecule has 0 heterocycles. The zero-order valence-electron chi connectivity index (χ0n) is 23.4. The Morgan fingerprint density at radius 1 is 0.675 bits per heavy atom. The molecule has 0 aromatic heterocycles. The Balaban J connectivity index is 1.26. The van der Waals surface area contributed by atoms with E-state index in [1.54, 1.807) is 48.5 Å². The summed E-state index contributed by atoms with van der Waals surface area (Å²) in [6.45, 7) is 4.48. The minimum absolute atomic E-state index is 0.000934. The van der Waals surface area contributed by atoms with Crippen molar-refractivity contribution in [2.24, 2.45) is 0 Å². The predicted molar refractivity (Wildman–Crippen MR) is 154 cm³/mol. The second kappa shape index (κ2) is 17.9. The van der Waals surface area contributed by atoms with Crippen LogP contribution in [0.4, 0.5) is 0 Å². The predicted octanol–water partition coefficient (Wildman–Crippen LogP) is 7.62. The maximum Gasteiger partial charge on any atom is 0.343 e. The normalized spacial score (nSPS) is 13.3. The van der Waals surface area contributed by atoms with Crippen LogP contribution >= 0.6 is 0 Å². The molecular weight excluding hydrogens is 508 g/mol. The molecule has 216 valence electrons. The van der Waals surface area contributed by atoms with Gasteiger partial charge in [-0.25, -0.2) is 14.4 Å². The molecule has 7 heteroatoms. The van der Waals surface area contributed by atoms with Crippen molar-refractivity contribution >= 4 is 17.9 Å². The highest BCUT2D eigenvalue weighted by atomic mass is 16.5. The highest BCUT2D eigenvalue weighted by molar-refractivity contribution is 5.92. The number of rotatable bonds is 17. The highest BCUT2D eigenvalue weighted by Gasteiger charge is 2.19. The van der Waals surface area contributed by atoms with Gasteiger partial charge in [-0.1, -0.05) is 51.5 Å². The monoisotopic (exact) mass is 550 g/mol. The third kappa shape index (κ3) is 11.6. The van der Waals surface area contributed by atoms with E-state index in [9.17, 15) is 14.4 Å². The van der Waals surface area contributed by atoms with Gasteiger partial charge in [-0.3, -0.25) is 0 Å². The molecule has 0 saturated heterocycles. The molecule has 1 fully saturated rings. The third-order valence-corrected chi connectivity index (χ3v) is 6.93. The van der Waals surface area contributed by atoms with E-state index >= 15 is 0 Å². The summed E-state index contributed by atoms with van der Waals surface area (Å²) in [6.07, 6.45) is 15.2. The average molecular weight is 551 g/mol. The molecule has 3 rings (SSSR count). The van der Waals surface area contributed by atoms with Gasteiger partial charge in [-0.15, -0.1) is 0 Å². The molecule has 0 bridgehead atoms. The minimum Gasteiger partial charge on any atom is -0.494 e. The summed E-state index contributed by atoms with van der Waals surface area (Å²) < 4.78 is 21.8. The van der Waals surface area contributed by atoms with Crippen molar-refractivity contribution < 1.29 is 33.3 Å². The SMILES string of the molecule is C=CC(=O)OCCCCCCCCCCOc1ccc(C(=O)Oc2ccc(C(=O)OC3CCCCC3)cc2)cc1. The molecule has 7 nitrogen and oxygen atoms in total. The lowest BCUT2D eigenvalue weighted by Gasteiger charge is -2.21. The van der Waals surface area contributed by atoms with E-state index in [1.807, 2.05) is 0 Å². The van der Waals surface area contributed by atoms with Gasteiger partial charge in [0.2, 0.25) is 0 Å². The van der Waals surface area contributed by atoms with E-state index in [2.05, 4.69) is 6.58 Å². The summed E-state index contributed by atoms with van der Waals surface area (Å²) in [5.41, 5.74) is 0.875. The largest absolute Gasteiger partial charge is 0.494 e. The van der Waals surface area contributed by atoms with E-state index in [-0.39, 0.29) is 18.0 Å². The van der Waals surface area contributed by atoms with Crippen LogP contribution in [0.2, 0.25) is 0 Å². The van der Waals surface area contributed by atoms with Crippen molar-refractivity contribution in [3.63, 3.8) is 0 Å². The first kappa shape index (κ1) is 30.9. The van der Waals surface area contributed by atoms with Gasteiger partial charge >= 0.3 is 17.9 Å². The van der Waals surface area contributed by atoms with Crippen molar-refractivity contribution in [1.29, 1.82) is 0 Å². The van der Waals surface area contributed by atoms with Gasteiger partial charge in [0.05, 0.1) is 24.3 Å². The number of unbranched alkanes of at least 4 members (excludes halogenated alkanes) is 7. The molecule has 2 aromatic carbocycles. The van der Waals surface area contributed by atoms with Crippen LogP contribution in [0.5, 0.6) is 11.5 Å². The lowest BCUT2D eigenvalue weighted by atomic mass is 9.98. The van der Waals surface area contributed by atoms with Crippen molar-refractivity contribution in [3.8, 4) is 11.5 Å². The Labute approximate surface area is 237 Å². The van der Waals surface area contributed by atoms with Crippen molar-refractivity contribution in [2.75, 3.05) is 13.2 Å². The minimum atomic E-state index is -0.470. The molecule has 0 N–H and O–H groups in total. The lowest BCUT2D eigenvalue weighted by Crippen LogP contribution is -2.20. The summed E-state index contributed by atoms with van der Waals surface area (Å²) in [5, 5.41) is 0. The van der Waals surface area contributed by atoms with E-state index in [0.717, 1.165) is 63.5 Å².